The largest absolute Gasteiger partial charge is 0.335 e. The molecule has 1 nitrogen and oxygen atoms in total. The van der Waals surface area contributed by atoms with Gasteiger partial charge in [-0.1, -0.05) is 93.6 Å². The van der Waals surface area contributed by atoms with Gasteiger partial charge in [-0.05, 0) is 54.8 Å². The van der Waals surface area contributed by atoms with E-state index >= 15 is 0 Å². The van der Waals surface area contributed by atoms with Crippen LogP contribution in [-0.2, 0) is 0 Å². The Bertz CT molecular complexity index is 1070. The summed E-state index contributed by atoms with van der Waals surface area (Å²) < 4.78 is 0. The molecular weight excluding hydrogens is 362 g/mol. The second kappa shape index (κ2) is 7.80. The fourth-order valence-electron chi connectivity index (χ4n) is 4.63. The fourth-order valence-corrected chi connectivity index (χ4v) is 4.63. The van der Waals surface area contributed by atoms with Crippen molar-refractivity contribution in [1.29, 1.82) is 0 Å². The molecule has 1 aliphatic carbocycles. The first-order valence-electron chi connectivity index (χ1n) is 11.0. The molecule has 0 aromatic heterocycles. The Labute approximate surface area is 181 Å². The highest BCUT2D eigenvalue weighted by molar-refractivity contribution is 5.96. The lowest BCUT2D eigenvalue weighted by Gasteiger charge is -2.46. The van der Waals surface area contributed by atoms with Crippen molar-refractivity contribution in [2.45, 2.75) is 46.6 Å². The quantitative estimate of drug-likeness (QED) is 0.429. The van der Waals surface area contributed by atoms with Crippen molar-refractivity contribution in [1.82, 2.24) is 0 Å². The van der Waals surface area contributed by atoms with Gasteiger partial charge in [0.25, 0.3) is 0 Å². The maximum Gasteiger partial charge on any atom is 0.0495 e. The van der Waals surface area contributed by atoms with Gasteiger partial charge in [-0.3, -0.25) is 0 Å². The standard InChI is InChI=1S/C29H33N/c1-28(2,3)23-18-20-24(21-19-23)29(4,5)30(25-14-7-6-8-15-25)27-17-11-13-22-12-9-10-16-26(22)27/h6-20,24H,21H2,1-5H3. The molecule has 3 aromatic carbocycles. The van der Waals surface area contributed by atoms with Crippen LogP contribution in [0.25, 0.3) is 10.8 Å². The summed E-state index contributed by atoms with van der Waals surface area (Å²) in [6.45, 7) is 11.6. The summed E-state index contributed by atoms with van der Waals surface area (Å²) in [7, 11) is 0. The van der Waals surface area contributed by atoms with E-state index in [0.29, 0.717) is 5.92 Å². The first kappa shape index (κ1) is 20.5. The topological polar surface area (TPSA) is 3.24 Å². The van der Waals surface area contributed by atoms with Crippen molar-refractivity contribution < 1.29 is 0 Å². The molecule has 0 saturated carbocycles. The molecular formula is C29H33N. The number of rotatable bonds is 4. The van der Waals surface area contributed by atoms with Crippen LogP contribution < -0.4 is 4.90 Å². The van der Waals surface area contributed by atoms with E-state index in [1.165, 1.54) is 27.7 Å². The normalized spacial score (nSPS) is 17.1. The zero-order chi connectivity index (χ0) is 21.4. The Morgan fingerprint density at radius 1 is 0.767 bits per heavy atom. The van der Waals surface area contributed by atoms with Gasteiger partial charge in [0.05, 0.1) is 0 Å². The maximum absolute atomic E-state index is 2.54. The molecule has 30 heavy (non-hydrogen) atoms. The first-order chi connectivity index (χ1) is 14.3. The van der Waals surface area contributed by atoms with Gasteiger partial charge in [0.15, 0.2) is 0 Å². The van der Waals surface area contributed by atoms with Crippen LogP contribution >= 0.6 is 0 Å². The lowest BCUT2D eigenvalue weighted by molar-refractivity contribution is 0.372. The zero-order valence-corrected chi connectivity index (χ0v) is 18.9. The molecule has 0 N–H and O–H groups in total. The number of allylic oxidation sites excluding steroid dienone is 3. The van der Waals surface area contributed by atoms with Crippen LogP contribution in [0.15, 0.2) is 96.6 Å². The molecule has 0 spiro atoms. The molecule has 3 aromatic rings. The van der Waals surface area contributed by atoms with Gasteiger partial charge in [-0.15, -0.1) is 0 Å². The van der Waals surface area contributed by atoms with Crippen LogP contribution in [0.2, 0.25) is 0 Å². The predicted molar refractivity (Wildman–Crippen MR) is 131 cm³/mol. The van der Waals surface area contributed by atoms with E-state index in [4.69, 9.17) is 0 Å². The number of hydrogen-bond acceptors (Lipinski definition) is 1. The minimum absolute atomic E-state index is 0.0953. The highest BCUT2D eigenvalue weighted by Crippen LogP contribution is 2.44. The molecule has 0 aliphatic heterocycles. The van der Waals surface area contributed by atoms with Crippen molar-refractivity contribution in [3.05, 3.63) is 96.6 Å². The molecule has 1 aliphatic rings. The molecule has 1 unspecified atom stereocenters. The minimum Gasteiger partial charge on any atom is -0.335 e. The second-order valence-electron chi connectivity index (χ2n) is 9.93. The summed E-state index contributed by atoms with van der Waals surface area (Å²) >= 11 is 0. The average Bonchev–Trinajstić information content (AvgIpc) is 2.74. The molecule has 1 atom stereocenters. The summed E-state index contributed by atoms with van der Waals surface area (Å²) in [4.78, 5) is 2.54. The SMILES string of the molecule is CC(C)(C)C1=CCC(C(C)(C)N(c2ccccc2)c2cccc3ccccc23)C=C1. The van der Waals surface area contributed by atoms with Gasteiger partial charge >= 0.3 is 0 Å². The van der Waals surface area contributed by atoms with E-state index in [0.717, 1.165) is 6.42 Å². The highest BCUT2D eigenvalue weighted by Gasteiger charge is 2.37. The van der Waals surface area contributed by atoms with Gasteiger partial charge in [-0.25, -0.2) is 0 Å². The summed E-state index contributed by atoms with van der Waals surface area (Å²) in [5.41, 5.74) is 4.04. The molecule has 154 valence electrons. The smallest absolute Gasteiger partial charge is 0.0495 e. The maximum atomic E-state index is 2.54. The number of nitrogens with zero attached hydrogens (tertiary/aromatic N) is 1. The predicted octanol–water partition coefficient (Wildman–Crippen LogP) is 8.31. The molecule has 4 rings (SSSR count). The van der Waals surface area contributed by atoms with Crippen molar-refractivity contribution in [2.75, 3.05) is 4.90 Å². The van der Waals surface area contributed by atoms with E-state index in [9.17, 15) is 0 Å². The number of hydrogen-bond donors (Lipinski definition) is 0. The van der Waals surface area contributed by atoms with Crippen LogP contribution in [0.3, 0.4) is 0 Å². The van der Waals surface area contributed by atoms with E-state index in [-0.39, 0.29) is 11.0 Å². The first-order valence-corrected chi connectivity index (χ1v) is 11.0. The molecule has 0 bridgehead atoms. The van der Waals surface area contributed by atoms with E-state index in [1.54, 1.807) is 0 Å². The van der Waals surface area contributed by atoms with Crippen LogP contribution in [0.5, 0.6) is 0 Å². The second-order valence-corrected chi connectivity index (χ2v) is 9.93. The molecule has 0 amide bonds. The lowest BCUT2D eigenvalue weighted by atomic mass is 9.75. The van der Waals surface area contributed by atoms with Crippen LogP contribution in [-0.4, -0.2) is 5.54 Å². The van der Waals surface area contributed by atoms with Crippen molar-refractivity contribution in [3.63, 3.8) is 0 Å². The molecule has 0 saturated heterocycles. The van der Waals surface area contributed by atoms with Crippen molar-refractivity contribution in [3.8, 4) is 0 Å². The lowest BCUT2D eigenvalue weighted by Crippen LogP contribution is -2.47. The van der Waals surface area contributed by atoms with Crippen LogP contribution in [0, 0.1) is 11.3 Å². The molecule has 0 fully saturated rings. The van der Waals surface area contributed by atoms with E-state index in [2.05, 4.69) is 131 Å². The Balaban J connectivity index is 1.81. The molecule has 0 heterocycles. The fraction of sp³-hybridized carbons (Fsp3) is 0.310. The third kappa shape index (κ3) is 3.81. The number of anilines is 2. The average molecular weight is 396 g/mol. The number of para-hydroxylation sites is 1. The summed E-state index contributed by atoms with van der Waals surface area (Å²) in [6.07, 6.45) is 8.28. The number of fused-ring (bicyclic) bond motifs is 1. The van der Waals surface area contributed by atoms with Crippen LogP contribution in [0.1, 0.15) is 41.0 Å². The Kier molecular flexibility index (Phi) is 5.32. The third-order valence-electron chi connectivity index (χ3n) is 6.47. The van der Waals surface area contributed by atoms with Crippen LogP contribution in [0.4, 0.5) is 11.4 Å². The van der Waals surface area contributed by atoms with E-state index in [1.807, 2.05) is 0 Å². The van der Waals surface area contributed by atoms with Crippen molar-refractivity contribution >= 4 is 22.1 Å². The van der Waals surface area contributed by atoms with Gasteiger partial charge in [0.2, 0.25) is 0 Å². The van der Waals surface area contributed by atoms with Gasteiger partial charge < -0.3 is 4.90 Å². The summed E-state index contributed by atoms with van der Waals surface area (Å²) in [5, 5.41) is 2.57. The minimum atomic E-state index is -0.0953. The molecule has 0 radical (unpaired) electrons. The number of benzene rings is 3. The highest BCUT2D eigenvalue weighted by atomic mass is 15.2. The Morgan fingerprint density at radius 3 is 2.10 bits per heavy atom. The Morgan fingerprint density at radius 2 is 1.43 bits per heavy atom. The van der Waals surface area contributed by atoms with E-state index < -0.39 is 0 Å². The Hall–Kier alpha value is -2.80. The van der Waals surface area contributed by atoms with Gasteiger partial charge in [-0.2, -0.15) is 0 Å². The molecule has 1 heteroatoms. The monoisotopic (exact) mass is 395 g/mol. The summed E-state index contributed by atoms with van der Waals surface area (Å²) in [5.74, 6) is 0.419. The van der Waals surface area contributed by atoms with Crippen molar-refractivity contribution in [2.24, 2.45) is 11.3 Å². The zero-order valence-electron chi connectivity index (χ0n) is 18.9. The van der Waals surface area contributed by atoms with Gasteiger partial charge in [0, 0.05) is 28.2 Å². The summed E-state index contributed by atoms with van der Waals surface area (Å²) in [6, 6.07) is 26.2. The third-order valence-corrected chi connectivity index (χ3v) is 6.47. The van der Waals surface area contributed by atoms with Gasteiger partial charge in [0.1, 0.15) is 0 Å².